The largest absolute Gasteiger partial charge is 0.514 e. The Labute approximate surface area is 271 Å². The molecule has 7 atom stereocenters. The first-order chi connectivity index (χ1) is 22.4. The molecule has 0 bridgehead atoms. The minimum Gasteiger partial charge on any atom is -0.493 e. The maximum atomic E-state index is 13.4. The topological polar surface area (TPSA) is 187 Å². The highest BCUT2D eigenvalue weighted by atomic mass is 16.9. The summed E-state index contributed by atoms with van der Waals surface area (Å²) in [6, 6.07) is 3.99. The highest BCUT2D eigenvalue weighted by Gasteiger charge is 2.63. The molecule has 254 valence electrons. The first kappa shape index (κ1) is 34.0. The third-order valence-corrected chi connectivity index (χ3v) is 10.2. The average molecular weight is 658 g/mol. The Balaban J connectivity index is 1.14. The molecule has 5 rings (SSSR count). The van der Waals surface area contributed by atoms with Gasteiger partial charge in [-0.3, -0.25) is 9.59 Å². The summed E-state index contributed by atoms with van der Waals surface area (Å²) < 4.78 is 26.8. The molecule has 14 heteroatoms. The average Bonchev–Trinajstić information content (AvgIpc) is 3.38. The van der Waals surface area contributed by atoms with Gasteiger partial charge in [-0.2, -0.15) is 0 Å². The van der Waals surface area contributed by atoms with Crippen molar-refractivity contribution in [2.24, 2.45) is 28.6 Å². The molecule has 0 aromatic heterocycles. The molecule has 1 aliphatic heterocycles. The number of unbranched alkanes of at least 4 members (excludes halogenated alkanes) is 1. The van der Waals surface area contributed by atoms with E-state index in [1.807, 2.05) is 13.0 Å². The fraction of sp³-hybridized carbons (Fsp3) is 0.576. The van der Waals surface area contributed by atoms with E-state index in [9.17, 15) is 34.4 Å². The van der Waals surface area contributed by atoms with Crippen LogP contribution in [0.5, 0.6) is 11.5 Å². The first-order valence-electron chi connectivity index (χ1n) is 15.6. The molecule has 1 saturated heterocycles. The van der Waals surface area contributed by atoms with Gasteiger partial charge >= 0.3 is 12.1 Å². The van der Waals surface area contributed by atoms with Gasteiger partial charge in [0, 0.05) is 16.7 Å². The molecule has 4 aliphatic rings. The van der Waals surface area contributed by atoms with E-state index in [1.54, 1.807) is 12.2 Å². The number of allylic oxidation sites excluding steroid dienone is 4. The number of aliphatic hydroxyl groups is 1. The van der Waals surface area contributed by atoms with E-state index >= 15 is 0 Å². The van der Waals surface area contributed by atoms with E-state index in [0.29, 0.717) is 25.9 Å². The number of benzene rings is 1. The lowest BCUT2D eigenvalue weighted by atomic mass is 9.47. The van der Waals surface area contributed by atoms with Crippen LogP contribution >= 0.6 is 0 Å². The van der Waals surface area contributed by atoms with Gasteiger partial charge in [0.25, 0.3) is 5.09 Å². The maximum absolute atomic E-state index is 13.4. The van der Waals surface area contributed by atoms with Crippen LogP contribution in [0.4, 0.5) is 4.79 Å². The third kappa shape index (κ3) is 6.89. The molecule has 1 aromatic carbocycles. The number of aliphatic hydroxyl groups excluding tert-OH is 1. The van der Waals surface area contributed by atoms with E-state index in [-0.39, 0.29) is 53.8 Å². The summed E-state index contributed by atoms with van der Waals surface area (Å²) in [4.78, 5) is 64.7. The molecule has 1 N–H and O–H groups in total. The van der Waals surface area contributed by atoms with Crippen molar-refractivity contribution in [1.82, 2.24) is 0 Å². The van der Waals surface area contributed by atoms with Gasteiger partial charge in [0.1, 0.15) is 6.10 Å². The van der Waals surface area contributed by atoms with E-state index < -0.39 is 52.6 Å². The highest BCUT2D eigenvalue weighted by Crippen LogP contribution is 2.63. The van der Waals surface area contributed by atoms with Gasteiger partial charge in [-0.15, -0.1) is 10.1 Å². The number of fused-ring (bicyclic) bond motifs is 5. The number of hydrogen-bond donors (Lipinski definition) is 1. The first-order valence-corrected chi connectivity index (χ1v) is 15.6. The Morgan fingerprint density at radius 2 is 1.89 bits per heavy atom. The number of rotatable bonds is 12. The fourth-order valence-electron chi connectivity index (χ4n) is 7.97. The van der Waals surface area contributed by atoms with E-state index in [0.717, 1.165) is 18.4 Å². The number of Topliss-reactive ketones (excluding diaryl/α,β-unsaturated/α-hetero) is 1. The molecule has 3 fully saturated rings. The molecule has 7 unspecified atom stereocenters. The zero-order chi connectivity index (χ0) is 33.9. The van der Waals surface area contributed by atoms with Crippen LogP contribution < -0.4 is 9.47 Å². The zero-order valence-electron chi connectivity index (χ0n) is 26.5. The van der Waals surface area contributed by atoms with Gasteiger partial charge in [0.2, 0.25) is 0 Å². The van der Waals surface area contributed by atoms with Crippen molar-refractivity contribution in [3.63, 3.8) is 0 Å². The summed E-state index contributed by atoms with van der Waals surface area (Å²) >= 11 is 0. The van der Waals surface area contributed by atoms with Crippen LogP contribution in [-0.2, 0) is 28.6 Å². The number of carbonyl (C=O) groups excluding carboxylic acids is 4. The van der Waals surface area contributed by atoms with Crippen LogP contribution in [0.3, 0.4) is 0 Å². The Morgan fingerprint density at radius 3 is 2.64 bits per heavy atom. The van der Waals surface area contributed by atoms with Crippen molar-refractivity contribution < 1.29 is 57.9 Å². The molecule has 47 heavy (non-hydrogen) atoms. The second-order valence-electron chi connectivity index (χ2n) is 12.9. The number of nitrogens with zero attached hydrogens (tertiary/aromatic N) is 1. The van der Waals surface area contributed by atoms with Crippen LogP contribution in [0.1, 0.15) is 56.3 Å². The Kier molecular flexibility index (Phi) is 10.0. The summed E-state index contributed by atoms with van der Waals surface area (Å²) in [6.07, 6.45) is 4.93. The summed E-state index contributed by atoms with van der Waals surface area (Å²) in [5, 5.41) is 20.7. The summed E-state index contributed by atoms with van der Waals surface area (Å²) in [5.41, 5.74) is 0.0375. The van der Waals surface area contributed by atoms with Gasteiger partial charge in [0.05, 0.1) is 38.6 Å². The van der Waals surface area contributed by atoms with Crippen molar-refractivity contribution in [2.75, 3.05) is 33.5 Å². The predicted octanol–water partition coefficient (Wildman–Crippen LogP) is 3.81. The van der Waals surface area contributed by atoms with Crippen molar-refractivity contribution in [2.45, 2.75) is 58.2 Å². The smallest absolute Gasteiger partial charge is 0.493 e. The Hall–Kier alpha value is -4.30. The lowest BCUT2D eigenvalue weighted by molar-refractivity contribution is -0.757. The minimum atomic E-state index is -1.16. The number of carbonyl (C=O) groups is 4. The van der Waals surface area contributed by atoms with Crippen molar-refractivity contribution in [1.29, 1.82) is 0 Å². The van der Waals surface area contributed by atoms with Gasteiger partial charge in [0.15, 0.2) is 29.7 Å². The van der Waals surface area contributed by atoms with Crippen LogP contribution in [0.15, 0.2) is 42.0 Å². The lowest BCUT2D eigenvalue weighted by Gasteiger charge is -2.57. The van der Waals surface area contributed by atoms with Gasteiger partial charge in [-0.1, -0.05) is 25.5 Å². The van der Waals surface area contributed by atoms with E-state index in [1.165, 1.54) is 25.3 Å². The standard InChI is InChI=1S/C33H39NO13/c1-32-11-10-21(35)15-20(32)7-8-22-23-17-44-29(33(23,2)16-24(36)28(22)32)25(37)18-45-31(39)47-26-9-6-19(14-27(26)42-3)30(38)43-12-4-5-13-46-34(40)41/h6,9-11,14-15,22-24,28-29,36H,4-5,7-8,12-13,16-18H2,1-3H3. The zero-order valence-corrected chi connectivity index (χ0v) is 26.5. The fourth-order valence-corrected chi connectivity index (χ4v) is 7.97. The normalized spacial score (nSPS) is 30.6. The molecular weight excluding hydrogens is 618 g/mol. The molecule has 0 radical (unpaired) electrons. The highest BCUT2D eigenvalue weighted by molar-refractivity contribution is 6.01. The van der Waals surface area contributed by atoms with Crippen molar-refractivity contribution in [3.8, 4) is 11.5 Å². The summed E-state index contributed by atoms with van der Waals surface area (Å²) in [7, 11) is 1.31. The lowest BCUT2D eigenvalue weighted by Crippen LogP contribution is -2.58. The molecule has 1 aromatic rings. The van der Waals surface area contributed by atoms with E-state index in [2.05, 4.69) is 11.8 Å². The van der Waals surface area contributed by atoms with Crippen LogP contribution in [0, 0.1) is 38.7 Å². The van der Waals surface area contributed by atoms with Crippen molar-refractivity contribution in [3.05, 3.63) is 57.7 Å². The molecule has 1 heterocycles. The number of esters is 1. The minimum absolute atomic E-state index is 0.00160. The monoisotopic (exact) mass is 657 g/mol. The Bertz CT molecular complexity index is 1490. The summed E-state index contributed by atoms with van der Waals surface area (Å²) in [6.45, 7) is 3.66. The molecule has 0 amide bonds. The molecule has 0 spiro atoms. The predicted molar refractivity (Wildman–Crippen MR) is 161 cm³/mol. The molecule has 3 aliphatic carbocycles. The molecule has 14 nitrogen and oxygen atoms in total. The van der Waals surface area contributed by atoms with Crippen molar-refractivity contribution >= 4 is 23.7 Å². The van der Waals surface area contributed by atoms with Crippen LogP contribution in [-0.4, -0.2) is 79.6 Å². The van der Waals surface area contributed by atoms with Gasteiger partial charge in [-0.25, -0.2) is 9.59 Å². The van der Waals surface area contributed by atoms with Crippen LogP contribution in [0.25, 0.3) is 0 Å². The van der Waals surface area contributed by atoms with Crippen LogP contribution in [0.2, 0.25) is 0 Å². The van der Waals surface area contributed by atoms with Gasteiger partial charge < -0.3 is 33.6 Å². The number of ketones is 2. The number of methoxy groups -OCH3 is 1. The SMILES string of the molecule is COc1cc(C(=O)OCCCCO[N+](=O)[O-])ccc1OC(=O)OCC(=O)C1OCC2C3CCC4=CC(=O)C=CC4(C)C3C(O)CC12C. The second kappa shape index (κ2) is 13.8. The Morgan fingerprint density at radius 1 is 1.13 bits per heavy atom. The number of hydrogen-bond acceptors (Lipinski definition) is 13. The van der Waals surface area contributed by atoms with E-state index in [4.69, 9.17) is 23.7 Å². The number of ether oxygens (including phenoxy) is 5. The van der Waals surface area contributed by atoms with Gasteiger partial charge in [-0.05, 0) is 74.3 Å². The quantitative estimate of drug-likeness (QED) is 0.113. The molecular formula is C33H39NO13. The maximum Gasteiger partial charge on any atom is 0.514 e. The third-order valence-electron chi connectivity index (χ3n) is 10.2. The second-order valence-corrected chi connectivity index (χ2v) is 12.9. The summed E-state index contributed by atoms with van der Waals surface area (Å²) in [5.74, 6) is -1.21. The molecule has 2 saturated carbocycles.